The van der Waals surface area contributed by atoms with E-state index in [1.807, 2.05) is 0 Å². The van der Waals surface area contributed by atoms with Gasteiger partial charge in [-0.1, -0.05) is 26.7 Å². The van der Waals surface area contributed by atoms with E-state index in [9.17, 15) is 0 Å². The van der Waals surface area contributed by atoms with Gasteiger partial charge >= 0.3 is 0 Å². The third-order valence-corrected chi connectivity index (χ3v) is 4.70. The van der Waals surface area contributed by atoms with E-state index in [-0.39, 0.29) is 0 Å². The van der Waals surface area contributed by atoms with E-state index in [0.29, 0.717) is 0 Å². The first kappa shape index (κ1) is 8.59. The number of hydrogen-bond donors (Lipinski definition) is 0. The van der Waals surface area contributed by atoms with Crippen LogP contribution in [0.1, 0.15) is 58.8 Å². The van der Waals surface area contributed by atoms with Crippen molar-refractivity contribution in [1.29, 1.82) is 0 Å². The van der Waals surface area contributed by atoms with Gasteiger partial charge in [-0.2, -0.15) is 0 Å². The first-order valence-corrected chi connectivity index (χ1v) is 5.79. The number of rotatable bonds is 3. The molecule has 0 aromatic carbocycles. The molecule has 3 atom stereocenters. The minimum absolute atomic E-state index is 0.870. The van der Waals surface area contributed by atoms with Gasteiger partial charge < -0.3 is 0 Å². The van der Waals surface area contributed by atoms with Crippen molar-refractivity contribution in [2.45, 2.75) is 58.8 Å². The topological polar surface area (TPSA) is 0 Å². The summed E-state index contributed by atoms with van der Waals surface area (Å²) >= 11 is 0. The molecule has 0 heteroatoms. The summed E-state index contributed by atoms with van der Waals surface area (Å²) < 4.78 is 0. The molecule has 0 bridgehead atoms. The molecule has 0 aliphatic heterocycles. The lowest BCUT2D eigenvalue weighted by molar-refractivity contribution is -0.108. The van der Waals surface area contributed by atoms with Gasteiger partial charge in [-0.05, 0) is 49.4 Å². The third-order valence-electron chi connectivity index (χ3n) is 4.70. The van der Waals surface area contributed by atoms with Crippen molar-refractivity contribution in [2.24, 2.45) is 17.3 Å². The SMILES string of the molecule is CCCCC1CCC12CCC2C. The van der Waals surface area contributed by atoms with Gasteiger partial charge in [-0.25, -0.2) is 0 Å². The molecule has 70 valence electrons. The smallest absolute Gasteiger partial charge is 0.0243 e. The molecule has 0 N–H and O–H groups in total. The van der Waals surface area contributed by atoms with E-state index in [1.54, 1.807) is 19.3 Å². The summed E-state index contributed by atoms with van der Waals surface area (Å²) in [6, 6.07) is 0. The van der Waals surface area contributed by atoms with E-state index in [2.05, 4.69) is 13.8 Å². The Morgan fingerprint density at radius 1 is 1.25 bits per heavy atom. The predicted octanol–water partition coefficient (Wildman–Crippen LogP) is 4.00. The standard InChI is InChI=1S/C12H22/c1-3-4-5-11-7-9-12(11)8-6-10(12)2/h10-11H,3-9H2,1-2H3. The molecule has 2 rings (SSSR count). The van der Waals surface area contributed by atoms with Gasteiger partial charge in [-0.3, -0.25) is 0 Å². The highest BCUT2D eigenvalue weighted by molar-refractivity contribution is 5.04. The van der Waals surface area contributed by atoms with Crippen LogP contribution in [-0.2, 0) is 0 Å². The van der Waals surface area contributed by atoms with Crippen LogP contribution >= 0.6 is 0 Å². The Bertz CT molecular complexity index is 157. The highest BCUT2D eigenvalue weighted by Crippen LogP contribution is 2.64. The van der Waals surface area contributed by atoms with E-state index in [1.165, 1.54) is 25.7 Å². The zero-order valence-corrected chi connectivity index (χ0v) is 8.60. The minimum Gasteiger partial charge on any atom is -0.0654 e. The van der Waals surface area contributed by atoms with Gasteiger partial charge in [0.1, 0.15) is 0 Å². The number of hydrogen-bond acceptors (Lipinski definition) is 0. The van der Waals surface area contributed by atoms with Crippen molar-refractivity contribution >= 4 is 0 Å². The van der Waals surface area contributed by atoms with Crippen LogP contribution in [0.5, 0.6) is 0 Å². The maximum Gasteiger partial charge on any atom is -0.0243 e. The van der Waals surface area contributed by atoms with Gasteiger partial charge in [-0.15, -0.1) is 0 Å². The Labute approximate surface area is 76.7 Å². The molecule has 0 radical (unpaired) electrons. The Morgan fingerprint density at radius 2 is 2.00 bits per heavy atom. The summed E-state index contributed by atoms with van der Waals surface area (Å²) in [6.07, 6.45) is 10.6. The van der Waals surface area contributed by atoms with Crippen LogP contribution in [0, 0.1) is 17.3 Å². The maximum atomic E-state index is 2.47. The molecule has 12 heavy (non-hydrogen) atoms. The molecule has 0 aromatic heterocycles. The second-order valence-electron chi connectivity index (χ2n) is 5.05. The minimum atomic E-state index is 0.870. The fourth-order valence-corrected chi connectivity index (χ4v) is 3.38. The van der Waals surface area contributed by atoms with Gasteiger partial charge in [0, 0.05) is 0 Å². The summed E-state index contributed by atoms with van der Waals surface area (Å²) in [7, 11) is 0. The molecule has 0 aromatic rings. The van der Waals surface area contributed by atoms with Crippen molar-refractivity contribution in [3.63, 3.8) is 0 Å². The number of unbranched alkanes of at least 4 members (excludes halogenated alkanes) is 1. The first-order valence-electron chi connectivity index (χ1n) is 5.79. The summed E-state index contributed by atoms with van der Waals surface area (Å²) in [4.78, 5) is 0. The van der Waals surface area contributed by atoms with Crippen molar-refractivity contribution in [3.05, 3.63) is 0 Å². The van der Waals surface area contributed by atoms with Crippen LogP contribution in [0.4, 0.5) is 0 Å². The summed E-state index contributed by atoms with van der Waals surface area (Å²) in [5, 5.41) is 0. The molecule has 0 heterocycles. The van der Waals surface area contributed by atoms with Gasteiger partial charge in [0.15, 0.2) is 0 Å². The molecular weight excluding hydrogens is 144 g/mol. The average molecular weight is 166 g/mol. The Kier molecular flexibility index (Phi) is 2.18. The van der Waals surface area contributed by atoms with Crippen LogP contribution < -0.4 is 0 Å². The quantitative estimate of drug-likeness (QED) is 0.594. The second-order valence-corrected chi connectivity index (χ2v) is 5.05. The Balaban J connectivity index is 1.84. The van der Waals surface area contributed by atoms with Crippen molar-refractivity contribution in [1.82, 2.24) is 0 Å². The van der Waals surface area contributed by atoms with Crippen molar-refractivity contribution in [3.8, 4) is 0 Å². The first-order chi connectivity index (χ1) is 5.79. The summed E-state index contributed by atoms with van der Waals surface area (Å²) in [5.74, 6) is 2.19. The summed E-state index contributed by atoms with van der Waals surface area (Å²) in [6.45, 7) is 4.79. The summed E-state index contributed by atoms with van der Waals surface area (Å²) in [5.41, 5.74) is 0.870. The molecule has 0 nitrogen and oxygen atoms in total. The third kappa shape index (κ3) is 1.03. The lowest BCUT2D eigenvalue weighted by Gasteiger charge is -2.61. The molecule has 2 aliphatic carbocycles. The van der Waals surface area contributed by atoms with Crippen molar-refractivity contribution in [2.75, 3.05) is 0 Å². The predicted molar refractivity (Wildman–Crippen MR) is 53.1 cm³/mol. The van der Waals surface area contributed by atoms with Gasteiger partial charge in [0.2, 0.25) is 0 Å². The average Bonchev–Trinajstić information content (AvgIpc) is 2.01. The van der Waals surface area contributed by atoms with E-state index in [0.717, 1.165) is 17.3 Å². The Hall–Kier alpha value is 0. The largest absolute Gasteiger partial charge is 0.0654 e. The second kappa shape index (κ2) is 3.05. The molecule has 0 amide bonds. The molecular formula is C12H22. The highest BCUT2D eigenvalue weighted by atomic mass is 14.6. The lowest BCUT2D eigenvalue weighted by atomic mass is 9.44. The highest BCUT2D eigenvalue weighted by Gasteiger charge is 2.54. The fourth-order valence-electron chi connectivity index (χ4n) is 3.38. The molecule has 3 unspecified atom stereocenters. The van der Waals surface area contributed by atoms with Crippen LogP contribution in [0.2, 0.25) is 0 Å². The Morgan fingerprint density at radius 3 is 2.33 bits per heavy atom. The molecule has 2 fully saturated rings. The van der Waals surface area contributed by atoms with Crippen LogP contribution in [0.15, 0.2) is 0 Å². The van der Waals surface area contributed by atoms with E-state index >= 15 is 0 Å². The fraction of sp³-hybridized carbons (Fsp3) is 1.00. The zero-order valence-electron chi connectivity index (χ0n) is 8.60. The van der Waals surface area contributed by atoms with E-state index < -0.39 is 0 Å². The normalized spacial score (nSPS) is 45.5. The monoisotopic (exact) mass is 166 g/mol. The lowest BCUT2D eigenvalue weighted by Crippen LogP contribution is -2.51. The van der Waals surface area contributed by atoms with Gasteiger partial charge in [0.25, 0.3) is 0 Å². The van der Waals surface area contributed by atoms with Crippen LogP contribution in [0.25, 0.3) is 0 Å². The van der Waals surface area contributed by atoms with Crippen LogP contribution in [-0.4, -0.2) is 0 Å². The zero-order chi connectivity index (χ0) is 8.60. The van der Waals surface area contributed by atoms with E-state index in [4.69, 9.17) is 0 Å². The van der Waals surface area contributed by atoms with Crippen molar-refractivity contribution < 1.29 is 0 Å². The molecule has 0 saturated heterocycles. The van der Waals surface area contributed by atoms with Crippen LogP contribution in [0.3, 0.4) is 0 Å². The van der Waals surface area contributed by atoms with Gasteiger partial charge in [0.05, 0.1) is 0 Å². The maximum absolute atomic E-state index is 2.47. The molecule has 2 saturated carbocycles. The molecule has 2 aliphatic rings. The molecule has 1 spiro atoms.